The molecule has 0 bridgehead atoms. The summed E-state index contributed by atoms with van der Waals surface area (Å²) >= 11 is 11.9. The third kappa shape index (κ3) is 3.87. The van der Waals surface area contributed by atoms with Crippen molar-refractivity contribution in [2.45, 2.75) is 25.3 Å². The summed E-state index contributed by atoms with van der Waals surface area (Å²) in [5, 5.41) is 7.45. The van der Waals surface area contributed by atoms with Gasteiger partial charge in [-0.3, -0.25) is 4.79 Å². The van der Waals surface area contributed by atoms with Gasteiger partial charge in [-0.25, -0.2) is 0 Å². The Morgan fingerprint density at radius 2 is 2.28 bits per heavy atom. The molecule has 0 spiro atoms. The number of carbonyl (C=O) groups excluding carboxylic acids is 1. The first-order chi connectivity index (χ1) is 8.65. The summed E-state index contributed by atoms with van der Waals surface area (Å²) in [5.41, 5.74) is 0.769. The topological polar surface area (TPSA) is 41.1 Å². The van der Waals surface area contributed by atoms with Crippen LogP contribution in [0.3, 0.4) is 0 Å². The molecule has 18 heavy (non-hydrogen) atoms. The largest absolute Gasteiger partial charge is 0.352 e. The monoisotopic (exact) mass is 286 g/mol. The molecule has 1 amide bonds. The predicted octanol–water partition coefficient (Wildman–Crippen LogP) is 2.40. The third-order valence-corrected chi connectivity index (χ3v) is 3.62. The zero-order valence-corrected chi connectivity index (χ0v) is 11.5. The summed E-state index contributed by atoms with van der Waals surface area (Å²) in [4.78, 5) is 11.9. The van der Waals surface area contributed by atoms with Gasteiger partial charge in [-0.1, -0.05) is 23.2 Å². The van der Waals surface area contributed by atoms with E-state index < -0.39 is 0 Å². The SMILES string of the molecule is O=C(Cc1cc(Cl)ccc1Cl)N[C@H]1CCCNC1. The first-order valence-electron chi connectivity index (χ1n) is 6.09. The highest BCUT2D eigenvalue weighted by atomic mass is 35.5. The van der Waals surface area contributed by atoms with Crippen LogP contribution in [0.25, 0.3) is 0 Å². The van der Waals surface area contributed by atoms with Gasteiger partial charge in [-0.15, -0.1) is 0 Å². The second-order valence-electron chi connectivity index (χ2n) is 4.52. The van der Waals surface area contributed by atoms with Gasteiger partial charge in [0.05, 0.1) is 6.42 Å². The van der Waals surface area contributed by atoms with Crippen molar-refractivity contribution in [2.24, 2.45) is 0 Å². The summed E-state index contributed by atoms with van der Waals surface area (Å²) in [6, 6.07) is 5.40. The smallest absolute Gasteiger partial charge is 0.224 e. The second-order valence-corrected chi connectivity index (χ2v) is 5.37. The summed E-state index contributed by atoms with van der Waals surface area (Å²) in [6.07, 6.45) is 2.40. The van der Waals surface area contributed by atoms with E-state index in [9.17, 15) is 4.79 Å². The number of hydrogen-bond acceptors (Lipinski definition) is 2. The van der Waals surface area contributed by atoms with Gasteiger partial charge in [0.1, 0.15) is 0 Å². The first-order valence-corrected chi connectivity index (χ1v) is 6.85. The number of piperidine rings is 1. The third-order valence-electron chi connectivity index (χ3n) is 3.02. The highest BCUT2D eigenvalue weighted by molar-refractivity contribution is 6.33. The normalized spacial score (nSPS) is 19.6. The van der Waals surface area contributed by atoms with Gasteiger partial charge in [0.15, 0.2) is 0 Å². The van der Waals surface area contributed by atoms with Crippen molar-refractivity contribution in [2.75, 3.05) is 13.1 Å². The van der Waals surface area contributed by atoms with Crippen LogP contribution < -0.4 is 10.6 Å². The summed E-state index contributed by atoms with van der Waals surface area (Å²) < 4.78 is 0. The summed E-state index contributed by atoms with van der Waals surface area (Å²) in [6.45, 7) is 1.88. The molecule has 1 aromatic rings. The Bertz CT molecular complexity index is 431. The Balaban J connectivity index is 1.92. The zero-order chi connectivity index (χ0) is 13.0. The lowest BCUT2D eigenvalue weighted by Gasteiger charge is -2.23. The Labute approximate surface area is 117 Å². The maximum Gasteiger partial charge on any atom is 0.224 e. The van der Waals surface area contributed by atoms with Crippen molar-refractivity contribution in [3.63, 3.8) is 0 Å². The van der Waals surface area contributed by atoms with Crippen molar-refractivity contribution in [1.82, 2.24) is 10.6 Å². The van der Waals surface area contributed by atoms with Crippen LogP contribution in [-0.4, -0.2) is 25.0 Å². The standard InChI is InChI=1S/C13H16Cl2N2O/c14-10-3-4-12(15)9(6-10)7-13(18)17-11-2-1-5-16-8-11/h3-4,6,11,16H,1-2,5,7-8H2,(H,17,18)/t11-/m0/s1. The molecule has 0 saturated carbocycles. The molecule has 0 unspecified atom stereocenters. The fourth-order valence-corrected chi connectivity index (χ4v) is 2.48. The molecule has 1 fully saturated rings. The van der Waals surface area contributed by atoms with E-state index in [4.69, 9.17) is 23.2 Å². The maximum absolute atomic E-state index is 11.9. The van der Waals surface area contributed by atoms with Crippen LogP contribution in [-0.2, 0) is 11.2 Å². The lowest BCUT2D eigenvalue weighted by Crippen LogP contribution is -2.46. The zero-order valence-electron chi connectivity index (χ0n) is 10.0. The second kappa shape index (κ2) is 6.41. The van der Waals surface area contributed by atoms with E-state index in [0.717, 1.165) is 31.5 Å². The summed E-state index contributed by atoms with van der Waals surface area (Å²) in [7, 11) is 0. The van der Waals surface area contributed by atoms with Gasteiger partial charge in [-0.05, 0) is 43.1 Å². The molecular formula is C13H16Cl2N2O. The van der Waals surface area contributed by atoms with E-state index in [1.807, 2.05) is 0 Å². The van der Waals surface area contributed by atoms with Crippen LogP contribution in [0, 0.1) is 0 Å². The molecule has 5 heteroatoms. The number of nitrogens with one attached hydrogen (secondary N) is 2. The van der Waals surface area contributed by atoms with Crippen LogP contribution in [0.1, 0.15) is 18.4 Å². The van der Waals surface area contributed by atoms with E-state index >= 15 is 0 Å². The number of hydrogen-bond donors (Lipinski definition) is 2. The number of rotatable bonds is 3. The van der Waals surface area contributed by atoms with E-state index in [-0.39, 0.29) is 18.4 Å². The number of amides is 1. The highest BCUT2D eigenvalue weighted by Gasteiger charge is 2.16. The fourth-order valence-electron chi connectivity index (χ4n) is 2.11. The number of halogens is 2. The highest BCUT2D eigenvalue weighted by Crippen LogP contribution is 2.21. The molecule has 1 saturated heterocycles. The molecule has 1 heterocycles. The molecule has 0 aliphatic carbocycles. The molecule has 2 rings (SSSR count). The van der Waals surface area contributed by atoms with Crippen LogP contribution in [0.5, 0.6) is 0 Å². The van der Waals surface area contributed by atoms with E-state index in [1.165, 1.54) is 0 Å². The first kappa shape index (κ1) is 13.7. The molecule has 98 valence electrons. The lowest BCUT2D eigenvalue weighted by atomic mass is 10.1. The quantitative estimate of drug-likeness (QED) is 0.896. The average Bonchev–Trinajstić information content (AvgIpc) is 2.35. The minimum atomic E-state index is -0.00660. The van der Waals surface area contributed by atoms with Gasteiger partial charge >= 0.3 is 0 Å². The molecular weight excluding hydrogens is 271 g/mol. The minimum Gasteiger partial charge on any atom is -0.352 e. The molecule has 3 nitrogen and oxygen atoms in total. The predicted molar refractivity (Wildman–Crippen MR) is 74.2 cm³/mol. The van der Waals surface area contributed by atoms with Crippen molar-refractivity contribution >= 4 is 29.1 Å². The van der Waals surface area contributed by atoms with E-state index in [1.54, 1.807) is 18.2 Å². The Kier molecular flexibility index (Phi) is 4.87. The molecule has 2 N–H and O–H groups in total. The Hall–Kier alpha value is -0.770. The Morgan fingerprint density at radius 1 is 1.44 bits per heavy atom. The van der Waals surface area contributed by atoms with Crippen molar-refractivity contribution in [1.29, 1.82) is 0 Å². The van der Waals surface area contributed by atoms with Gasteiger partial charge < -0.3 is 10.6 Å². The van der Waals surface area contributed by atoms with Crippen LogP contribution in [0.2, 0.25) is 10.0 Å². The van der Waals surface area contributed by atoms with Crippen molar-refractivity contribution in [3.05, 3.63) is 33.8 Å². The molecule has 1 aliphatic heterocycles. The molecule has 1 aromatic carbocycles. The van der Waals surface area contributed by atoms with E-state index in [0.29, 0.717) is 10.0 Å². The molecule has 0 radical (unpaired) electrons. The van der Waals surface area contributed by atoms with E-state index in [2.05, 4.69) is 10.6 Å². The summed E-state index contributed by atoms with van der Waals surface area (Å²) in [5.74, 6) is -0.00660. The Morgan fingerprint density at radius 3 is 3.00 bits per heavy atom. The molecule has 1 atom stereocenters. The van der Waals surface area contributed by atoms with Gasteiger partial charge in [-0.2, -0.15) is 0 Å². The number of carbonyl (C=O) groups is 1. The van der Waals surface area contributed by atoms with Gasteiger partial charge in [0, 0.05) is 22.6 Å². The van der Waals surface area contributed by atoms with Gasteiger partial charge in [0.25, 0.3) is 0 Å². The lowest BCUT2D eigenvalue weighted by molar-refractivity contribution is -0.121. The average molecular weight is 287 g/mol. The van der Waals surface area contributed by atoms with Crippen LogP contribution in [0.15, 0.2) is 18.2 Å². The maximum atomic E-state index is 11.9. The molecule has 1 aliphatic rings. The number of benzene rings is 1. The fraction of sp³-hybridized carbons (Fsp3) is 0.462. The van der Waals surface area contributed by atoms with Crippen LogP contribution in [0.4, 0.5) is 0 Å². The van der Waals surface area contributed by atoms with Crippen molar-refractivity contribution in [3.8, 4) is 0 Å². The van der Waals surface area contributed by atoms with Crippen molar-refractivity contribution < 1.29 is 4.79 Å². The minimum absolute atomic E-state index is 0.00660. The van der Waals surface area contributed by atoms with Crippen LogP contribution >= 0.6 is 23.2 Å². The van der Waals surface area contributed by atoms with Gasteiger partial charge in [0.2, 0.25) is 5.91 Å². The molecule has 0 aromatic heterocycles.